The molecule has 0 unspecified atom stereocenters. The van der Waals surface area contributed by atoms with Crippen molar-refractivity contribution < 1.29 is 19.4 Å². The van der Waals surface area contributed by atoms with E-state index in [1.807, 2.05) is 31.3 Å². The van der Waals surface area contributed by atoms with Crippen LogP contribution in [-0.2, 0) is 11.3 Å². The fourth-order valence-electron chi connectivity index (χ4n) is 3.38. The smallest absolute Gasteiger partial charge is 0.305 e. The van der Waals surface area contributed by atoms with E-state index in [-0.39, 0.29) is 36.2 Å². The molecule has 0 radical (unpaired) electrons. The first-order valence-electron chi connectivity index (χ1n) is 9.34. The first-order valence-corrected chi connectivity index (χ1v) is 9.34. The first-order chi connectivity index (χ1) is 14.4. The number of aryl methyl sites for hydroxylation is 2. The fraction of sp³-hybridized carbons (Fsp3) is 0.250. The van der Waals surface area contributed by atoms with Gasteiger partial charge in [-0.3, -0.25) is 14.3 Å². The van der Waals surface area contributed by atoms with Gasteiger partial charge in [-0.15, -0.1) is 0 Å². The maximum Gasteiger partial charge on any atom is 0.305 e. The van der Waals surface area contributed by atoms with Crippen LogP contribution in [0.5, 0.6) is 5.88 Å². The Kier molecular flexibility index (Phi) is 5.05. The molecule has 4 rings (SSSR count). The van der Waals surface area contributed by atoms with Gasteiger partial charge >= 0.3 is 5.97 Å². The number of hydrogen-bond donors (Lipinski definition) is 2. The van der Waals surface area contributed by atoms with Crippen molar-refractivity contribution in [1.29, 1.82) is 0 Å². The molecule has 3 aromatic rings. The summed E-state index contributed by atoms with van der Waals surface area (Å²) in [5, 5.41) is 13.0. The molecule has 1 aromatic carbocycles. The summed E-state index contributed by atoms with van der Waals surface area (Å²) in [7, 11) is 0. The largest absolute Gasteiger partial charge is 0.481 e. The number of carboxylic acid groups (broad SMARTS) is 1. The predicted molar refractivity (Wildman–Crippen MR) is 108 cm³/mol. The van der Waals surface area contributed by atoms with Crippen LogP contribution in [0.2, 0.25) is 0 Å². The lowest BCUT2D eigenvalue weighted by Crippen LogP contribution is -2.32. The molecular weight excluding hydrogens is 388 g/mol. The van der Waals surface area contributed by atoms with Crippen LogP contribution in [0, 0.1) is 6.92 Å². The molecule has 3 N–H and O–H groups in total. The van der Waals surface area contributed by atoms with Crippen molar-refractivity contribution in [2.45, 2.75) is 19.9 Å². The minimum atomic E-state index is -0.869. The summed E-state index contributed by atoms with van der Waals surface area (Å²) in [5.41, 5.74) is 9.53. The standard InChI is InChI=1S/C20H20N6O4/c1-12-8-14(2-3-15(12)13-9-24-25(10-13)5-4-16(27)28)26-6-7-30-19-17(20(26)29)18(21)22-11-23-19/h2-3,8-11H,4-7H2,1H3,(H,27,28)(H2,21,22,23). The normalized spacial score (nSPS) is 13.5. The van der Waals surface area contributed by atoms with Crippen molar-refractivity contribution in [3.8, 4) is 17.0 Å². The maximum atomic E-state index is 13.1. The Bertz CT molecular complexity index is 1130. The van der Waals surface area contributed by atoms with Crippen molar-refractivity contribution in [2.75, 3.05) is 23.8 Å². The summed E-state index contributed by atoms with van der Waals surface area (Å²) >= 11 is 0. The molecule has 30 heavy (non-hydrogen) atoms. The number of nitrogen functional groups attached to an aromatic ring is 1. The Labute approximate surface area is 171 Å². The number of carbonyl (C=O) groups is 2. The van der Waals surface area contributed by atoms with Crippen LogP contribution in [0.1, 0.15) is 22.3 Å². The van der Waals surface area contributed by atoms with Gasteiger partial charge in [0.05, 0.1) is 25.7 Å². The zero-order chi connectivity index (χ0) is 21.3. The minimum absolute atomic E-state index is 0.00645. The number of rotatable bonds is 5. The van der Waals surface area contributed by atoms with Gasteiger partial charge in [0.25, 0.3) is 5.91 Å². The van der Waals surface area contributed by atoms with Gasteiger partial charge in [-0.25, -0.2) is 9.97 Å². The number of benzene rings is 1. The second kappa shape index (κ2) is 7.82. The predicted octanol–water partition coefficient (Wildman–Crippen LogP) is 1.74. The SMILES string of the molecule is Cc1cc(N2CCOc3ncnc(N)c3C2=O)ccc1-c1cnn(CCC(=O)O)c1. The lowest BCUT2D eigenvalue weighted by atomic mass is 10.0. The Morgan fingerprint density at radius 3 is 2.93 bits per heavy atom. The number of hydrogen-bond acceptors (Lipinski definition) is 7. The van der Waals surface area contributed by atoms with E-state index in [4.69, 9.17) is 15.6 Å². The van der Waals surface area contributed by atoms with E-state index >= 15 is 0 Å². The van der Waals surface area contributed by atoms with Crippen LogP contribution in [0.4, 0.5) is 11.5 Å². The lowest BCUT2D eigenvalue weighted by Gasteiger charge is -2.21. The molecule has 10 nitrogen and oxygen atoms in total. The maximum absolute atomic E-state index is 13.1. The number of carboxylic acids is 1. The van der Waals surface area contributed by atoms with Gasteiger partial charge in [-0.2, -0.15) is 5.10 Å². The molecule has 0 aliphatic carbocycles. The van der Waals surface area contributed by atoms with Crippen molar-refractivity contribution in [3.63, 3.8) is 0 Å². The van der Waals surface area contributed by atoms with Crippen molar-refractivity contribution in [3.05, 3.63) is 48.0 Å². The topological polar surface area (TPSA) is 136 Å². The third-order valence-electron chi connectivity index (χ3n) is 4.88. The van der Waals surface area contributed by atoms with Gasteiger partial charge in [-0.1, -0.05) is 6.07 Å². The Hall–Kier alpha value is -3.95. The molecular formula is C20H20N6O4. The number of nitrogens with zero attached hydrogens (tertiary/aromatic N) is 5. The van der Waals surface area contributed by atoms with E-state index in [0.717, 1.165) is 16.7 Å². The number of carbonyl (C=O) groups excluding carboxylic acids is 1. The highest BCUT2D eigenvalue weighted by atomic mass is 16.5. The first kappa shape index (κ1) is 19.4. The molecule has 154 valence electrons. The second-order valence-electron chi connectivity index (χ2n) is 6.88. The molecule has 0 saturated heterocycles. The van der Waals surface area contributed by atoms with E-state index in [2.05, 4.69) is 15.1 Å². The van der Waals surface area contributed by atoms with Crippen molar-refractivity contribution >= 4 is 23.4 Å². The third kappa shape index (κ3) is 3.66. The van der Waals surface area contributed by atoms with Crippen LogP contribution in [-0.4, -0.2) is 49.9 Å². The molecule has 10 heteroatoms. The highest BCUT2D eigenvalue weighted by molar-refractivity contribution is 6.10. The summed E-state index contributed by atoms with van der Waals surface area (Å²) < 4.78 is 7.17. The summed E-state index contributed by atoms with van der Waals surface area (Å²) in [5.74, 6) is -0.906. The highest BCUT2D eigenvalue weighted by Crippen LogP contribution is 2.31. The second-order valence-corrected chi connectivity index (χ2v) is 6.88. The van der Waals surface area contributed by atoms with Crippen LogP contribution in [0.3, 0.4) is 0 Å². The van der Waals surface area contributed by atoms with E-state index in [9.17, 15) is 9.59 Å². The number of anilines is 2. The minimum Gasteiger partial charge on any atom is -0.481 e. The molecule has 0 atom stereocenters. The van der Waals surface area contributed by atoms with Crippen LogP contribution in [0.15, 0.2) is 36.9 Å². The van der Waals surface area contributed by atoms with E-state index < -0.39 is 5.97 Å². The molecule has 0 bridgehead atoms. The van der Waals surface area contributed by atoms with E-state index in [1.54, 1.807) is 15.8 Å². The van der Waals surface area contributed by atoms with Gasteiger partial charge in [-0.05, 0) is 30.2 Å². The number of fused-ring (bicyclic) bond motifs is 1. The van der Waals surface area contributed by atoms with Gasteiger partial charge in [0.1, 0.15) is 24.3 Å². The van der Waals surface area contributed by atoms with Crippen LogP contribution in [0.25, 0.3) is 11.1 Å². The van der Waals surface area contributed by atoms with Gasteiger partial charge in [0.15, 0.2) is 0 Å². The molecule has 3 heterocycles. The number of ether oxygens (including phenoxy) is 1. The van der Waals surface area contributed by atoms with E-state index in [1.165, 1.54) is 6.33 Å². The highest BCUT2D eigenvalue weighted by Gasteiger charge is 2.28. The summed E-state index contributed by atoms with van der Waals surface area (Å²) in [6.07, 6.45) is 4.78. The molecule has 0 fully saturated rings. The average Bonchev–Trinajstić information content (AvgIpc) is 3.11. The van der Waals surface area contributed by atoms with Crippen molar-refractivity contribution in [2.24, 2.45) is 0 Å². The van der Waals surface area contributed by atoms with Crippen LogP contribution < -0.4 is 15.4 Å². The molecule has 1 amide bonds. The van der Waals surface area contributed by atoms with Gasteiger partial charge < -0.3 is 20.5 Å². The Morgan fingerprint density at radius 2 is 2.17 bits per heavy atom. The lowest BCUT2D eigenvalue weighted by molar-refractivity contribution is -0.137. The quantitative estimate of drug-likeness (QED) is 0.651. The van der Waals surface area contributed by atoms with Crippen molar-refractivity contribution in [1.82, 2.24) is 19.7 Å². The molecule has 1 aliphatic heterocycles. The summed E-state index contributed by atoms with van der Waals surface area (Å²) in [4.78, 5) is 33.3. The number of amides is 1. The summed E-state index contributed by atoms with van der Waals surface area (Å²) in [6.45, 7) is 2.88. The van der Waals surface area contributed by atoms with Crippen LogP contribution >= 0.6 is 0 Å². The average molecular weight is 408 g/mol. The number of aliphatic carboxylic acids is 1. The Balaban J connectivity index is 1.61. The van der Waals surface area contributed by atoms with Gasteiger partial charge in [0, 0.05) is 17.4 Å². The number of nitrogens with two attached hydrogens (primary N) is 1. The third-order valence-corrected chi connectivity index (χ3v) is 4.88. The monoisotopic (exact) mass is 408 g/mol. The Morgan fingerprint density at radius 1 is 1.33 bits per heavy atom. The zero-order valence-corrected chi connectivity index (χ0v) is 16.3. The molecule has 1 aliphatic rings. The number of aromatic nitrogens is 4. The molecule has 0 saturated carbocycles. The van der Waals surface area contributed by atoms with Gasteiger partial charge in [0.2, 0.25) is 5.88 Å². The fourth-order valence-corrected chi connectivity index (χ4v) is 3.38. The molecule has 2 aromatic heterocycles. The molecule has 0 spiro atoms. The summed E-state index contributed by atoms with van der Waals surface area (Å²) in [6, 6.07) is 5.67. The van der Waals surface area contributed by atoms with E-state index in [0.29, 0.717) is 18.8 Å². The zero-order valence-electron chi connectivity index (χ0n) is 16.3.